The van der Waals surface area contributed by atoms with Crippen molar-refractivity contribution >= 4 is 29.2 Å². The summed E-state index contributed by atoms with van der Waals surface area (Å²) in [5.74, 6) is -0.0654. The molecule has 6 nitrogen and oxygen atoms in total. The third-order valence-corrected chi connectivity index (χ3v) is 7.55. The molecular weight excluding hydrogens is 536 g/mol. The van der Waals surface area contributed by atoms with E-state index < -0.39 is 17.9 Å². The lowest BCUT2D eigenvalue weighted by molar-refractivity contribution is -0.139. The number of hydrogen-bond donors (Lipinski definition) is 2. The number of ether oxygens (including phenoxy) is 1. The van der Waals surface area contributed by atoms with Gasteiger partial charge in [0, 0.05) is 35.8 Å². The Balaban J connectivity index is 1.31. The first-order chi connectivity index (χ1) is 20.0. The molecule has 4 aromatic carbocycles. The van der Waals surface area contributed by atoms with Crippen LogP contribution in [0.1, 0.15) is 41.6 Å². The number of carbonyl (C=O) groups is 2. The van der Waals surface area contributed by atoms with E-state index in [2.05, 4.69) is 10.2 Å². The average molecular weight is 569 g/mol. The van der Waals surface area contributed by atoms with Crippen LogP contribution in [0.5, 0.6) is 11.5 Å². The van der Waals surface area contributed by atoms with E-state index in [4.69, 9.17) is 16.3 Å². The largest absolute Gasteiger partial charge is 0.480 e. The fourth-order valence-electron chi connectivity index (χ4n) is 5.18. The second-order valence-electron chi connectivity index (χ2n) is 10.2. The Labute approximate surface area is 245 Å². The minimum absolute atomic E-state index is 0.142. The summed E-state index contributed by atoms with van der Waals surface area (Å²) in [6, 6.07) is 29.2. The van der Waals surface area contributed by atoms with E-state index in [1.165, 1.54) is 0 Å². The van der Waals surface area contributed by atoms with Crippen molar-refractivity contribution in [2.24, 2.45) is 0 Å². The van der Waals surface area contributed by atoms with E-state index in [9.17, 15) is 14.7 Å². The smallest absolute Gasteiger partial charge is 0.326 e. The van der Waals surface area contributed by atoms with E-state index in [1.54, 1.807) is 12.1 Å². The summed E-state index contributed by atoms with van der Waals surface area (Å²) >= 11 is 6.26. The molecule has 1 atom stereocenters. The van der Waals surface area contributed by atoms with Crippen molar-refractivity contribution < 1.29 is 19.4 Å². The van der Waals surface area contributed by atoms with Crippen molar-refractivity contribution in [1.82, 2.24) is 5.32 Å². The molecule has 0 radical (unpaired) electrons. The summed E-state index contributed by atoms with van der Waals surface area (Å²) in [5.41, 5.74) is 3.85. The highest BCUT2D eigenvalue weighted by Crippen LogP contribution is 2.33. The monoisotopic (exact) mass is 568 g/mol. The first-order valence-electron chi connectivity index (χ1n) is 14.0. The third kappa shape index (κ3) is 7.27. The zero-order chi connectivity index (χ0) is 28.6. The zero-order valence-corrected chi connectivity index (χ0v) is 23.5. The van der Waals surface area contributed by atoms with Gasteiger partial charge in [0.05, 0.1) is 5.56 Å². The number of aliphatic carboxylic acids is 1. The predicted molar refractivity (Wildman–Crippen MR) is 163 cm³/mol. The van der Waals surface area contributed by atoms with Crippen LogP contribution in [0.25, 0.3) is 11.1 Å². The number of carbonyl (C=O) groups excluding carboxylic acids is 1. The van der Waals surface area contributed by atoms with Gasteiger partial charge in [-0.15, -0.1) is 0 Å². The Bertz CT molecular complexity index is 1480. The molecule has 4 aromatic rings. The number of benzene rings is 4. The van der Waals surface area contributed by atoms with Crippen LogP contribution in [-0.4, -0.2) is 36.1 Å². The van der Waals surface area contributed by atoms with Crippen LogP contribution in [0, 0.1) is 0 Å². The quantitative estimate of drug-likeness (QED) is 0.217. The van der Waals surface area contributed by atoms with Crippen LogP contribution in [0.15, 0.2) is 97.1 Å². The molecule has 41 heavy (non-hydrogen) atoms. The van der Waals surface area contributed by atoms with Gasteiger partial charge in [-0.2, -0.15) is 0 Å². The summed E-state index contributed by atoms with van der Waals surface area (Å²) in [7, 11) is 0. The second kappa shape index (κ2) is 13.4. The van der Waals surface area contributed by atoms with E-state index in [0.717, 1.165) is 72.6 Å². The number of halogens is 1. The van der Waals surface area contributed by atoms with Crippen molar-refractivity contribution in [3.8, 4) is 22.6 Å². The fraction of sp³-hybridized carbons (Fsp3) is 0.235. The molecule has 210 valence electrons. The highest BCUT2D eigenvalue weighted by atomic mass is 35.5. The van der Waals surface area contributed by atoms with E-state index in [0.29, 0.717) is 10.6 Å². The number of carboxylic acid groups (broad SMARTS) is 1. The Kier molecular flexibility index (Phi) is 9.22. The van der Waals surface area contributed by atoms with Gasteiger partial charge >= 0.3 is 5.97 Å². The summed E-state index contributed by atoms with van der Waals surface area (Å²) in [4.78, 5) is 27.8. The normalized spacial score (nSPS) is 14.1. The van der Waals surface area contributed by atoms with Crippen LogP contribution < -0.4 is 15.0 Å². The highest BCUT2D eigenvalue weighted by Gasteiger charge is 2.25. The molecule has 1 aliphatic rings. The van der Waals surface area contributed by atoms with Crippen molar-refractivity contribution in [1.29, 1.82) is 0 Å². The minimum Gasteiger partial charge on any atom is -0.480 e. The van der Waals surface area contributed by atoms with Gasteiger partial charge in [-0.1, -0.05) is 85.1 Å². The molecule has 0 aliphatic carbocycles. The maximum atomic E-state index is 13.4. The number of carboxylic acids is 1. The van der Waals surface area contributed by atoms with E-state index in [-0.39, 0.29) is 6.42 Å². The molecule has 0 saturated carbocycles. The van der Waals surface area contributed by atoms with Crippen molar-refractivity contribution in [2.45, 2.75) is 38.1 Å². The fourth-order valence-corrected chi connectivity index (χ4v) is 5.35. The molecule has 0 aromatic heterocycles. The average Bonchev–Trinajstić information content (AvgIpc) is 3.28. The Morgan fingerprint density at radius 2 is 1.54 bits per heavy atom. The molecule has 0 bridgehead atoms. The number of para-hydroxylation sites is 2. The maximum absolute atomic E-state index is 13.4. The van der Waals surface area contributed by atoms with Gasteiger partial charge in [0.2, 0.25) is 0 Å². The number of nitrogens with one attached hydrogen (secondary N) is 1. The third-order valence-electron chi connectivity index (χ3n) is 7.32. The molecule has 1 saturated heterocycles. The molecule has 1 amide bonds. The maximum Gasteiger partial charge on any atom is 0.326 e. The number of rotatable bonds is 9. The molecule has 1 fully saturated rings. The van der Waals surface area contributed by atoms with Crippen molar-refractivity contribution in [3.05, 3.63) is 113 Å². The Hall–Kier alpha value is -4.29. The number of anilines is 1. The lowest BCUT2D eigenvalue weighted by Gasteiger charge is -2.26. The molecule has 1 heterocycles. The molecule has 1 aliphatic heterocycles. The number of amides is 1. The lowest BCUT2D eigenvalue weighted by Crippen LogP contribution is -2.43. The Morgan fingerprint density at radius 3 is 2.24 bits per heavy atom. The SMILES string of the molecule is O=C(N[C@@H](Cc1ccc(-c2ccccc2Oc2ccccc2)cc1)C(=O)O)c1cc(Cl)ccc1N1CCCCCC1. The molecule has 2 N–H and O–H groups in total. The van der Waals surface area contributed by atoms with Gasteiger partial charge in [-0.25, -0.2) is 4.79 Å². The van der Waals surface area contributed by atoms with Gasteiger partial charge in [-0.05, 0) is 60.4 Å². The van der Waals surface area contributed by atoms with E-state index >= 15 is 0 Å². The van der Waals surface area contributed by atoms with Crippen LogP contribution in [0.2, 0.25) is 5.02 Å². The summed E-state index contributed by atoms with van der Waals surface area (Å²) in [5, 5.41) is 13.2. The van der Waals surface area contributed by atoms with Gasteiger partial charge in [0.15, 0.2) is 0 Å². The first kappa shape index (κ1) is 28.2. The van der Waals surface area contributed by atoms with Gasteiger partial charge in [0.25, 0.3) is 5.91 Å². The van der Waals surface area contributed by atoms with Crippen LogP contribution in [-0.2, 0) is 11.2 Å². The summed E-state index contributed by atoms with van der Waals surface area (Å²) < 4.78 is 6.11. The number of hydrogen-bond acceptors (Lipinski definition) is 4. The molecule has 5 rings (SSSR count). The zero-order valence-electron chi connectivity index (χ0n) is 22.8. The predicted octanol–water partition coefficient (Wildman–Crippen LogP) is 7.61. The number of nitrogens with zero attached hydrogens (tertiary/aromatic N) is 1. The van der Waals surface area contributed by atoms with Crippen molar-refractivity contribution in [2.75, 3.05) is 18.0 Å². The summed E-state index contributed by atoms with van der Waals surface area (Å²) in [6.07, 6.45) is 4.58. The van der Waals surface area contributed by atoms with Crippen LogP contribution in [0.4, 0.5) is 5.69 Å². The van der Waals surface area contributed by atoms with E-state index in [1.807, 2.05) is 84.9 Å². The molecule has 0 unspecified atom stereocenters. The van der Waals surface area contributed by atoms with Gasteiger partial charge < -0.3 is 20.1 Å². The van der Waals surface area contributed by atoms with Gasteiger partial charge in [0.1, 0.15) is 17.5 Å². The van der Waals surface area contributed by atoms with Crippen LogP contribution >= 0.6 is 11.6 Å². The lowest BCUT2D eigenvalue weighted by atomic mass is 9.99. The molecular formula is C34H33ClN2O4. The molecule has 7 heteroatoms. The van der Waals surface area contributed by atoms with Crippen molar-refractivity contribution in [3.63, 3.8) is 0 Å². The minimum atomic E-state index is -1.10. The standard InChI is InChI=1S/C34H33ClN2O4/c35-26-18-19-31(37-20-8-1-2-9-21-37)29(23-26)33(38)36-30(34(39)40)22-24-14-16-25(17-15-24)28-12-6-7-13-32(28)41-27-10-4-3-5-11-27/h3-7,10-19,23,30H,1-2,8-9,20-22H2,(H,36,38)(H,39,40)/t30-/m0/s1. The Morgan fingerprint density at radius 1 is 0.854 bits per heavy atom. The topological polar surface area (TPSA) is 78.9 Å². The van der Waals surface area contributed by atoms with Crippen LogP contribution in [0.3, 0.4) is 0 Å². The van der Waals surface area contributed by atoms with Gasteiger partial charge in [-0.3, -0.25) is 4.79 Å². The summed E-state index contributed by atoms with van der Waals surface area (Å²) in [6.45, 7) is 1.71. The molecule has 0 spiro atoms. The highest BCUT2D eigenvalue weighted by molar-refractivity contribution is 6.31. The second-order valence-corrected chi connectivity index (χ2v) is 10.7. The first-order valence-corrected chi connectivity index (χ1v) is 14.3.